The van der Waals surface area contributed by atoms with Crippen molar-refractivity contribution in [3.63, 3.8) is 0 Å². The van der Waals surface area contributed by atoms with Gasteiger partial charge < -0.3 is 14.6 Å². The number of esters is 2. The first-order valence-electron chi connectivity index (χ1n) is 5.90. The van der Waals surface area contributed by atoms with Crippen molar-refractivity contribution in [2.24, 2.45) is 0 Å². The number of nitro benzene ring substituents is 1. The summed E-state index contributed by atoms with van der Waals surface area (Å²) in [5.74, 6) is -3.13. The molecular weight excluding hydrogens is 282 g/mol. The zero-order valence-electron chi connectivity index (χ0n) is 11.4. The van der Waals surface area contributed by atoms with Crippen molar-refractivity contribution < 1.29 is 29.1 Å². The highest BCUT2D eigenvalue weighted by atomic mass is 16.6. The molecule has 0 aliphatic carbocycles. The summed E-state index contributed by atoms with van der Waals surface area (Å²) in [5.41, 5.74) is -0.110. The largest absolute Gasteiger partial charge is 0.504 e. The first-order valence-corrected chi connectivity index (χ1v) is 5.90. The molecule has 0 saturated heterocycles. The van der Waals surface area contributed by atoms with Crippen LogP contribution in [-0.2, 0) is 19.1 Å². The van der Waals surface area contributed by atoms with Gasteiger partial charge in [0, 0.05) is 24.6 Å². The van der Waals surface area contributed by atoms with Crippen LogP contribution in [0.5, 0.6) is 0 Å². The molecule has 0 amide bonds. The molecule has 0 radical (unpaired) electrons. The van der Waals surface area contributed by atoms with E-state index >= 15 is 0 Å². The van der Waals surface area contributed by atoms with E-state index in [0.29, 0.717) is 0 Å². The molecule has 0 spiro atoms. The predicted molar refractivity (Wildman–Crippen MR) is 71.0 cm³/mol. The van der Waals surface area contributed by atoms with E-state index in [-0.39, 0.29) is 17.9 Å². The molecule has 0 heterocycles. The Bertz CT molecular complexity index is 589. The van der Waals surface area contributed by atoms with E-state index in [1.54, 1.807) is 6.92 Å². The van der Waals surface area contributed by atoms with Crippen LogP contribution in [0.1, 0.15) is 19.4 Å². The van der Waals surface area contributed by atoms with Crippen LogP contribution in [-0.4, -0.2) is 28.6 Å². The number of carbonyl (C=O) groups excluding carboxylic acids is 2. The Morgan fingerprint density at radius 1 is 1.29 bits per heavy atom. The number of non-ortho nitro benzene ring substituents is 1. The summed E-state index contributed by atoms with van der Waals surface area (Å²) in [6, 6.07) is 4.72. The average molecular weight is 295 g/mol. The molecule has 0 aliphatic rings. The van der Waals surface area contributed by atoms with Crippen molar-refractivity contribution in [3.05, 3.63) is 45.7 Å². The topological polar surface area (TPSA) is 116 Å². The Balaban J connectivity index is 3.21. The second-order valence-corrected chi connectivity index (χ2v) is 3.80. The van der Waals surface area contributed by atoms with Crippen LogP contribution in [0.3, 0.4) is 0 Å². The summed E-state index contributed by atoms with van der Waals surface area (Å²) in [5, 5.41) is 20.5. The number of benzene rings is 1. The monoisotopic (exact) mass is 295 g/mol. The maximum atomic E-state index is 11.6. The molecule has 8 nitrogen and oxygen atoms in total. The van der Waals surface area contributed by atoms with Crippen molar-refractivity contribution in [2.75, 3.05) is 6.61 Å². The maximum Gasteiger partial charge on any atom is 0.378 e. The molecule has 1 aromatic carbocycles. The number of aliphatic hydroxyl groups is 1. The summed E-state index contributed by atoms with van der Waals surface area (Å²) >= 11 is 0. The van der Waals surface area contributed by atoms with Gasteiger partial charge in [-0.25, -0.2) is 4.79 Å². The number of hydrogen-bond acceptors (Lipinski definition) is 7. The molecular formula is C13H13NO7. The molecule has 1 N–H and O–H groups in total. The molecule has 1 rings (SSSR count). The number of nitro groups is 1. The van der Waals surface area contributed by atoms with E-state index in [4.69, 9.17) is 0 Å². The van der Waals surface area contributed by atoms with Crippen molar-refractivity contribution in [3.8, 4) is 0 Å². The van der Waals surface area contributed by atoms with E-state index in [0.717, 1.165) is 19.1 Å². The molecule has 21 heavy (non-hydrogen) atoms. The van der Waals surface area contributed by atoms with Crippen molar-refractivity contribution in [2.45, 2.75) is 13.8 Å². The lowest BCUT2D eigenvalue weighted by Crippen LogP contribution is -2.15. The number of hydrogen-bond donors (Lipinski definition) is 1. The SMILES string of the molecule is CCOC(=O)/C(OC(C)=O)=C(/O)c1ccc([N+](=O)[O-])cc1. The fourth-order valence-corrected chi connectivity index (χ4v) is 1.40. The highest BCUT2D eigenvalue weighted by Crippen LogP contribution is 2.21. The minimum absolute atomic E-state index is 0.0249. The van der Waals surface area contributed by atoms with Crippen LogP contribution in [0.25, 0.3) is 5.76 Å². The quantitative estimate of drug-likeness (QED) is 0.290. The molecule has 1 aromatic rings. The van der Waals surface area contributed by atoms with Gasteiger partial charge in [-0.05, 0) is 19.1 Å². The lowest BCUT2D eigenvalue weighted by Gasteiger charge is -2.09. The van der Waals surface area contributed by atoms with E-state index in [1.807, 2.05) is 0 Å². The van der Waals surface area contributed by atoms with Gasteiger partial charge in [0.1, 0.15) is 0 Å². The minimum atomic E-state index is -1.01. The van der Waals surface area contributed by atoms with Gasteiger partial charge in [-0.1, -0.05) is 0 Å². The number of aliphatic hydroxyl groups excluding tert-OH is 1. The highest BCUT2D eigenvalue weighted by Gasteiger charge is 2.22. The van der Waals surface area contributed by atoms with Crippen LogP contribution >= 0.6 is 0 Å². The summed E-state index contributed by atoms with van der Waals surface area (Å²) in [6.07, 6.45) is 0. The Kier molecular flexibility index (Phi) is 5.41. The molecule has 0 unspecified atom stereocenters. The molecule has 0 aliphatic heterocycles. The lowest BCUT2D eigenvalue weighted by atomic mass is 10.1. The van der Waals surface area contributed by atoms with Crippen LogP contribution in [0.15, 0.2) is 30.0 Å². The molecule has 0 fully saturated rings. The van der Waals surface area contributed by atoms with Crippen LogP contribution < -0.4 is 0 Å². The second-order valence-electron chi connectivity index (χ2n) is 3.80. The number of ether oxygens (including phenoxy) is 2. The van der Waals surface area contributed by atoms with Gasteiger partial charge in [-0.15, -0.1) is 0 Å². The van der Waals surface area contributed by atoms with Crippen molar-refractivity contribution in [1.29, 1.82) is 0 Å². The summed E-state index contributed by atoms with van der Waals surface area (Å²) in [6.45, 7) is 2.63. The smallest absolute Gasteiger partial charge is 0.378 e. The first-order chi connectivity index (χ1) is 9.86. The summed E-state index contributed by atoms with van der Waals surface area (Å²) in [4.78, 5) is 32.6. The summed E-state index contributed by atoms with van der Waals surface area (Å²) < 4.78 is 9.31. The van der Waals surface area contributed by atoms with Crippen LogP contribution in [0.4, 0.5) is 5.69 Å². The third-order valence-electron chi connectivity index (χ3n) is 2.27. The van der Waals surface area contributed by atoms with E-state index in [1.165, 1.54) is 12.1 Å². The lowest BCUT2D eigenvalue weighted by molar-refractivity contribution is -0.384. The fraction of sp³-hybridized carbons (Fsp3) is 0.231. The third-order valence-corrected chi connectivity index (χ3v) is 2.27. The van der Waals surface area contributed by atoms with Gasteiger partial charge in [0.2, 0.25) is 0 Å². The normalized spacial score (nSPS) is 11.3. The molecule has 112 valence electrons. The third kappa shape index (κ3) is 4.30. The number of nitrogens with zero attached hydrogens (tertiary/aromatic N) is 1. The molecule has 0 bridgehead atoms. The zero-order chi connectivity index (χ0) is 16.0. The van der Waals surface area contributed by atoms with Gasteiger partial charge >= 0.3 is 11.9 Å². The standard InChI is InChI=1S/C13H13NO7/c1-3-20-13(17)12(21-8(2)15)11(16)9-4-6-10(7-5-9)14(18)19/h4-7,16H,3H2,1-2H3/b12-11-. The summed E-state index contributed by atoms with van der Waals surface area (Å²) in [7, 11) is 0. The van der Waals surface area contributed by atoms with Gasteiger partial charge in [0.25, 0.3) is 11.4 Å². The van der Waals surface area contributed by atoms with Gasteiger partial charge in [0.15, 0.2) is 5.76 Å². The molecule has 0 aromatic heterocycles. The Hall–Kier alpha value is -2.90. The van der Waals surface area contributed by atoms with E-state index < -0.39 is 28.4 Å². The predicted octanol–water partition coefficient (Wildman–Crippen LogP) is 1.95. The van der Waals surface area contributed by atoms with Crippen LogP contribution in [0.2, 0.25) is 0 Å². The number of rotatable bonds is 5. The van der Waals surface area contributed by atoms with Gasteiger partial charge in [0.05, 0.1) is 11.5 Å². The minimum Gasteiger partial charge on any atom is -0.504 e. The van der Waals surface area contributed by atoms with Crippen molar-refractivity contribution in [1.82, 2.24) is 0 Å². The van der Waals surface area contributed by atoms with Gasteiger partial charge in [-0.3, -0.25) is 14.9 Å². The Morgan fingerprint density at radius 3 is 2.29 bits per heavy atom. The Morgan fingerprint density at radius 2 is 1.86 bits per heavy atom. The average Bonchev–Trinajstić information content (AvgIpc) is 2.44. The zero-order valence-corrected chi connectivity index (χ0v) is 11.4. The van der Waals surface area contributed by atoms with Crippen molar-refractivity contribution >= 4 is 23.4 Å². The number of carbonyl (C=O) groups is 2. The molecule has 8 heteroatoms. The maximum absolute atomic E-state index is 11.6. The highest BCUT2D eigenvalue weighted by molar-refractivity contribution is 5.96. The van der Waals surface area contributed by atoms with Crippen LogP contribution in [0, 0.1) is 10.1 Å². The Labute approximate surface area is 119 Å². The fourth-order valence-electron chi connectivity index (χ4n) is 1.40. The van der Waals surface area contributed by atoms with Gasteiger partial charge in [-0.2, -0.15) is 0 Å². The van der Waals surface area contributed by atoms with E-state index in [2.05, 4.69) is 9.47 Å². The second kappa shape index (κ2) is 7.04. The van der Waals surface area contributed by atoms with E-state index in [9.17, 15) is 24.8 Å². The molecule has 0 saturated carbocycles. The first kappa shape index (κ1) is 16.2. The molecule has 0 atom stereocenters.